The smallest absolute Gasteiger partial charge is 0.262 e. The van der Waals surface area contributed by atoms with E-state index in [2.05, 4.69) is 68.3 Å². The van der Waals surface area contributed by atoms with Gasteiger partial charge in [-0.2, -0.15) is 0 Å². The highest BCUT2D eigenvalue weighted by Crippen LogP contribution is 2.41. The molecular weight excluding hydrogens is 408 g/mol. The quantitative estimate of drug-likeness (QED) is 0.531. The second-order valence-corrected chi connectivity index (χ2v) is 10.2. The summed E-state index contributed by atoms with van der Waals surface area (Å²) in [6, 6.07) is 15.4. The van der Waals surface area contributed by atoms with Crippen molar-refractivity contribution in [2.24, 2.45) is 0 Å². The van der Waals surface area contributed by atoms with Crippen LogP contribution in [0.25, 0.3) is 27.6 Å². The average Bonchev–Trinajstić information content (AvgIpc) is 3.61. The van der Waals surface area contributed by atoms with Crippen LogP contribution in [0.15, 0.2) is 59.5 Å². The van der Waals surface area contributed by atoms with Gasteiger partial charge in [-0.15, -0.1) is 0 Å². The van der Waals surface area contributed by atoms with Crippen molar-refractivity contribution in [3.8, 4) is 11.1 Å². The van der Waals surface area contributed by atoms with E-state index in [4.69, 9.17) is 4.74 Å². The Morgan fingerprint density at radius 2 is 1.70 bits per heavy atom. The molecule has 2 aromatic carbocycles. The number of morpholine rings is 1. The Balaban J connectivity index is 1.38. The topological polar surface area (TPSA) is 34.5 Å². The number of aromatic nitrogens is 1. The molecule has 0 unspecified atom stereocenters. The molecule has 0 spiro atoms. The van der Waals surface area contributed by atoms with Crippen LogP contribution in [-0.4, -0.2) is 40.8 Å². The van der Waals surface area contributed by atoms with E-state index in [-0.39, 0.29) is 23.8 Å². The van der Waals surface area contributed by atoms with Crippen LogP contribution in [0.3, 0.4) is 0 Å². The summed E-state index contributed by atoms with van der Waals surface area (Å²) in [7, 11) is 0. The van der Waals surface area contributed by atoms with Gasteiger partial charge in [0.1, 0.15) is 0 Å². The number of nitrogens with zero attached hydrogens (tertiary/aromatic N) is 2. The highest BCUT2D eigenvalue weighted by Gasteiger charge is 2.34. The zero-order valence-electron chi connectivity index (χ0n) is 19.8. The molecule has 4 heteroatoms. The molecule has 2 fully saturated rings. The van der Waals surface area contributed by atoms with Crippen molar-refractivity contribution in [1.29, 1.82) is 0 Å². The molecule has 2 heterocycles. The molecule has 0 bridgehead atoms. The van der Waals surface area contributed by atoms with Gasteiger partial charge in [-0.3, -0.25) is 14.3 Å². The molecule has 0 radical (unpaired) electrons. The van der Waals surface area contributed by atoms with E-state index >= 15 is 0 Å². The maximum absolute atomic E-state index is 13.7. The van der Waals surface area contributed by atoms with Gasteiger partial charge >= 0.3 is 0 Å². The van der Waals surface area contributed by atoms with Gasteiger partial charge in [0.2, 0.25) is 0 Å². The molecule has 4 nitrogen and oxygen atoms in total. The van der Waals surface area contributed by atoms with Crippen LogP contribution in [-0.2, 0) is 4.74 Å². The first-order valence-corrected chi connectivity index (χ1v) is 12.3. The summed E-state index contributed by atoms with van der Waals surface area (Å²) in [4.78, 5) is 16.2. The van der Waals surface area contributed by atoms with Gasteiger partial charge < -0.3 is 4.74 Å². The molecular formula is C29H32N2O2. The third-order valence-electron chi connectivity index (χ3n) is 7.56. The fourth-order valence-corrected chi connectivity index (χ4v) is 5.78. The molecule has 1 saturated heterocycles. The molecule has 170 valence electrons. The molecule has 3 aliphatic rings. The fraction of sp³-hybridized carbons (Fsp3) is 0.414. The van der Waals surface area contributed by atoms with Crippen LogP contribution in [0, 0.1) is 6.92 Å². The third-order valence-corrected chi connectivity index (χ3v) is 7.56. The van der Waals surface area contributed by atoms with Crippen LogP contribution in [0.2, 0.25) is 0 Å². The van der Waals surface area contributed by atoms with Gasteiger partial charge in [-0.1, -0.05) is 42.5 Å². The minimum absolute atomic E-state index is 0.0809. The van der Waals surface area contributed by atoms with Gasteiger partial charge in [-0.05, 0) is 79.7 Å². The van der Waals surface area contributed by atoms with Gasteiger partial charge in [-0.25, -0.2) is 0 Å². The summed E-state index contributed by atoms with van der Waals surface area (Å²) in [6.45, 7) is 8.22. The average molecular weight is 441 g/mol. The molecule has 0 N–H and O–H groups in total. The van der Waals surface area contributed by atoms with E-state index < -0.39 is 0 Å². The summed E-state index contributed by atoms with van der Waals surface area (Å²) < 4.78 is 7.83. The first-order valence-electron chi connectivity index (χ1n) is 12.3. The summed E-state index contributed by atoms with van der Waals surface area (Å²) in [5, 5.41) is 1.87. The first kappa shape index (κ1) is 20.9. The van der Waals surface area contributed by atoms with Crippen molar-refractivity contribution < 1.29 is 4.74 Å². The maximum Gasteiger partial charge on any atom is 0.262 e. The van der Waals surface area contributed by atoms with Crippen molar-refractivity contribution in [3.05, 3.63) is 76.2 Å². The number of rotatable bonds is 4. The molecule has 3 atom stereocenters. The SMILES string of the molecule is Cc1cn(C2=CC[C@H]2N2C[C@@H](C)O[C@@H](C)C2)c(=O)c2cccc(-c3ccc(C4CC4)cc3)c12. The van der Waals surface area contributed by atoms with E-state index in [9.17, 15) is 4.79 Å². The molecule has 1 aliphatic heterocycles. The maximum atomic E-state index is 13.7. The van der Waals surface area contributed by atoms with Crippen LogP contribution in [0.4, 0.5) is 0 Å². The predicted molar refractivity (Wildman–Crippen MR) is 135 cm³/mol. The largest absolute Gasteiger partial charge is 0.373 e. The van der Waals surface area contributed by atoms with Crippen LogP contribution >= 0.6 is 0 Å². The van der Waals surface area contributed by atoms with Gasteiger partial charge in [0.05, 0.1) is 18.2 Å². The summed E-state index contributed by atoms with van der Waals surface area (Å²) in [5.41, 5.74) is 6.10. The number of aryl methyl sites for hydroxylation is 1. The second kappa shape index (κ2) is 7.96. The van der Waals surface area contributed by atoms with Crippen molar-refractivity contribution >= 4 is 16.5 Å². The monoisotopic (exact) mass is 440 g/mol. The normalized spacial score (nSPS) is 25.7. The van der Waals surface area contributed by atoms with Gasteiger partial charge in [0.25, 0.3) is 5.56 Å². The Bertz CT molecular complexity index is 1290. The Labute approximate surface area is 195 Å². The Morgan fingerprint density at radius 1 is 0.970 bits per heavy atom. The minimum atomic E-state index is 0.0809. The van der Waals surface area contributed by atoms with E-state index in [1.807, 2.05) is 16.7 Å². The van der Waals surface area contributed by atoms with Crippen LogP contribution < -0.4 is 5.56 Å². The molecule has 0 amide bonds. The lowest BCUT2D eigenvalue weighted by atomic mass is 9.93. The lowest BCUT2D eigenvalue weighted by Gasteiger charge is -2.44. The molecule has 6 rings (SSSR count). The highest BCUT2D eigenvalue weighted by atomic mass is 16.5. The summed E-state index contributed by atoms with van der Waals surface area (Å²) >= 11 is 0. The van der Waals surface area contributed by atoms with E-state index in [1.54, 1.807) is 0 Å². The lowest BCUT2D eigenvalue weighted by molar-refractivity contribution is -0.0757. The van der Waals surface area contributed by atoms with Crippen molar-refractivity contribution in [2.75, 3.05) is 13.1 Å². The minimum Gasteiger partial charge on any atom is -0.373 e. The Morgan fingerprint density at radius 3 is 2.33 bits per heavy atom. The standard InChI is InChI=1S/C29H32N2O2/c1-18-15-31(27-14-13-26(27)30-16-19(2)33-20(3)17-30)29(32)25-6-4-5-24(28(18)25)23-11-9-22(10-12-23)21-7-8-21/h4-6,9-12,14-15,19-21,26H,7-8,13,16-17H2,1-3H3/t19-,20+,26-/m1/s1. The van der Waals surface area contributed by atoms with Gasteiger partial charge in [0, 0.05) is 30.4 Å². The number of ether oxygens (including phenoxy) is 1. The van der Waals surface area contributed by atoms with Crippen molar-refractivity contribution in [2.45, 2.75) is 64.2 Å². The van der Waals surface area contributed by atoms with E-state index in [0.717, 1.165) is 53.0 Å². The molecule has 2 aliphatic carbocycles. The van der Waals surface area contributed by atoms with Crippen molar-refractivity contribution in [3.63, 3.8) is 0 Å². The predicted octanol–water partition coefficient (Wildman–Crippen LogP) is 5.58. The Hall–Kier alpha value is -2.69. The number of pyridine rings is 1. The fourth-order valence-electron chi connectivity index (χ4n) is 5.78. The Kier molecular flexibility index (Phi) is 5.04. The van der Waals surface area contributed by atoms with E-state index in [1.165, 1.54) is 24.0 Å². The highest BCUT2D eigenvalue weighted by molar-refractivity contribution is 5.98. The number of benzene rings is 2. The third kappa shape index (κ3) is 3.66. The number of hydrogen-bond acceptors (Lipinski definition) is 3. The zero-order chi connectivity index (χ0) is 22.7. The van der Waals surface area contributed by atoms with Crippen LogP contribution in [0.5, 0.6) is 0 Å². The molecule has 1 aromatic heterocycles. The molecule has 33 heavy (non-hydrogen) atoms. The summed E-state index contributed by atoms with van der Waals surface area (Å²) in [6.07, 6.45) is 8.32. The van der Waals surface area contributed by atoms with Crippen molar-refractivity contribution in [1.82, 2.24) is 9.47 Å². The first-order chi connectivity index (χ1) is 16.0. The summed E-state index contributed by atoms with van der Waals surface area (Å²) in [5.74, 6) is 0.752. The number of fused-ring (bicyclic) bond motifs is 1. The molecule has 3 aromatic rings. The number of hydrogen-bond donors (Lipinski definition) is 0. The second-order valence-electron chi connectivity index (χ2n) is 10.2. The molecule has 1 saturated carbocycles. The van der Waals surface area contributed by atoms with E-state index in [0.29, 0.717) is 0 Å². The van der Waals surface area contributed by atoms with Crippen LogP contribution in [0.1, 0.15) is 50.2 Å². The zero-order valence-corrected chi connectivity index (χ0v) is 19.8. The lowest BCUT2D eigenvalue weighted by Crippen LogP contribution is -2.53. The van der Waals surface area contributed by atoms with Gasteiger partial charge in [0.15, 0.2) is 0 Å².